The molecule has 1 saturated heterocycles. The third kappa shape index (κ3) is 3.09. The number of ether oxygens (including phenoxy) is 2. The summed E-state index contributed by atoms with van der Waals surface area (Å²) in [6.07, 6.45) is 5.81. The third-order valence-corrected chi connectivity index (χ3v) is 4.88. The van der Waals surface area contributed by atoms with Crippen LogP contribution in [0, 0.1) is 5.41 Å². The van der Waals surface area contributed by atoms with E-state index >= 15 is 0 Å². The zero-order chi connectivity index (χ0) is 16.5. The van der Waals surface area contributed by atoms with Crippen LogP contribution in [-0.4, -0.2) is 23.2 Å². The molecule has 23 heavy (non-hydrogen) atoms. The Labute approximate surface area is 145 Å². The Morgan fingerprint density at radius 3 is 2.35 bits per heavy atom. The molecule has 2 heterocycles. The largest absolute Gasteiger partial charge is 0.341 e. The fourth-order valence-electron chi connectivity index (χ4n) is 2.54. The van der Waals surface area contributed by atoms with Crippen LogP contribution in [-0.2, 0) is 15.3 Å². The lowest BCUT2D eigenvalue weighted by Gasteiger charge is -2.45. The minimum Gasteiger partial charge on any atom is -0.341 e. The molecule has 0 amide bonds. The number of halogens is 2. The van der Waals surface area contributed by atoms with Gasteiger partial charge in [0.15, 0.2) is 0 Å². The lowest BCUT2D eigenvalue weighted by atomic mass is 9.87. The molecular weight excluding hydrogens is 335 g/mol. The topological polar surface area (TPSA) is 44.2 Å². The molecule has 4 nitrogen and oxygen atoms in total. The van der Waals surface area contributed by atoms with Crippen molar-refractivity contribution in [2.75, 3.05) is 13.2 Å². The van der Waals surface area contributed by atoms with Gasteiger partial charge in [-0.15, -0.1) is 0 Å². The predicted octanol–water partition coefficient (Wildman–Crippen LogP) is 4.45. The summed E-state index contributed by atoms with van der Waals surface area (Å²) in [6.45, 7) is 5.37. The van der Waals surface area contributed by atoms with E-state index in [1.165, 1.54) is 6.33 Å². The molecule has 3 rings (SSSR count). The highest BCUT2D eigenvalue weighted by Gasteiger charge is 2.46. The molecule has 2 aromatic rings. The highest BCUT2D eigenvalue weighted by molar-refractivity contribution is 6.35. The lowest BCUT2D eigenvalue weighted by molar-refractivity contribution is -0.288. The molecule has 0 atom stereocenters. The van der Waals surface area contributed by atoms with E-state index in [-0.39, 0.29) is 5.41 Å². The summed E-state index contributed by atoms with van der Waals surface area (Å²) in [6, 6.07) is 5.28. The molecule has 0 N–H and O–H groups in total. The Balaban J connectivity index is 2.09. The molecule has 0 unspecified atom stereocenters. The van der Waals surface area contributed by atoms with E-state index in [0.717, 1.165) is 6.42 Å². The van der Waals surface area contributed by atoms with Crippen molar-refractivity contribution in [1.29, 1.82) is 0 Å². The van der Waals surface area contributed by atoms with E-state index in [0.29, 0.717) is 34.4 Å². The van der Waals surface area contributed by atoms with Gasteiger partial charge in [0.2, 0.25) is 5.79 Å². The Morgan fingerprint density at radius 2 is 1.78 bits per heavy atom. The van der Waals surface area contributed by atoms with Crippen LogP contribution in [0.4, 0.5) is 0 Å². The number of hydrogen-bond donors (Lipinski definition) is 0. The minimum atomic E-state index is -1.11. The fraction of sp³-hybridized carbons (Fsp3) is 0.412. The van der Waals surface area contributed by atoms with Crippen LogP contribution in [0.15, 0.2) is 36.9 Å². The zero-order valence-corrected chi connectivity index (χ0v) is 14.6. The maximum Gasteiger partial charge on any atom is 0.226 e. The van der Waals surface area contributed by atoms with Gasteiger partial charge in [-0.05, 0) is 18.6 Å². The van der Waals surface area contributed by atoms with E-state index in [9.17, 15) is 0 Å². The summed E-state index contributed by atoms with van der Waals surface area (Å²) in [7, 11) is 0. The van der Waals surface area contributed by atoms with Crippen molar-refractivity contribution in [3.05, 3.63) is 58.1 Å². The summed E-state index contributed by atoms with van der Waals surface area (Å²) in [4.78, 5) is 8.19. The molecule has 1 aromatic heterocycles. The van der Waals surface area contributed by atoms with Gasteiger partial charge in [0.05, 0.1) is 23.8 Å². The Morgan fingerprint density at radius 1 is 1.13 bits per heavy atom. The normalized spacial score (nSPS) is 27.8. The first kappa shape index (κ1) is 16.7. The number of hydrogen-bond acceptors (Lipinski definition) is 4. The van der Waals surface area contributed by atoms with Gasteiger partial charge in [0.1, 0.15) is 6.33 Å². The third-order valence-electron chi connectivity index (χ3n) is 4.33. The molecule has 122 valence electrons. The van der Waals surface area contributed by atoms with Crippen molar-refractivity contribution in [1.82, 2.24) is 9.97 Å². The van der Waals surface area contributed by atoms with E-state index in [4.69, 9.17) is 32.7 Å². The monoisotopic (exact) mass is 352 g/mol. The second-order valence-electron chi connectivity index (χ2n) is 6.11. The second-order valence-corrected chi connectivity index (χ2v) is 6.95. The molecule has 1 aromatic carbocycles. The average molecular weight is 353 g/mol. The molecule has 1 aliphatic rings. The minimum absolute atomic E-state index is 0.0297. The number of nitrogens with zero attached hydrogens (tertiary/aromatic N) is 2. The van der Waals surface area contributed by atoms with Gasteiger partial charge in [-0.1, -0.05) is 43.1 Å². The van der Waals surface area contributed by atoms with Gasteiger partial charge >= 0.3 is 0 Å². The van der Waals surface area contributed by atoms with Crippen molar-refractivity contribution in [2.45, 2.75) is 26.1 Å². The smallest absolute Gasteiger partial charge is 0.226 e. The standard InChI is InChI=1S/C17H18Cl2N2O2/c1-3-16(2)9-22-17(23-10-16,12-7-20-11-21-8-12)14-5-4-13(18)6-15(14)19/h4-8,11H,3,9-10H2,1-2H3. The van der Waals surface area contributed by atoms with Crippen molar-refractivity contribution in [3.63, 3.8) is 0 Å². The maximum absolute atomic E-state index is 6.42. The number of aromatic nitrogens is 2. The number of rotatable bonds is 3. The Bertz CT molecular complexity index is 686. The van der Waals surface area contributed by atoms with Gasteiger partial charge in [-0.2, -0.15) is 0 Å². The van der Waals surface area contributed by atoms with Crippen molar-refractivity contribution in [3.8, 4) is 0 Å². The average Bonchev–Trinajstić information content (AvgIpc) is 2.57. The second kappa shape index (κ2) is 6.36. The van der Waals surface area contributed by atoms with Gasteiger partial charge < -0.3 is 9.47 Å². The quantitative estimate of drug-likeness (QED) is 0.818. The molecule has 0 saturated carbocycles. The van der Waals surface area contributed by atoms with Crippen molar-refractivity contribution in [2.24, 2.45) is 5.41 Å². The first-order chi connectivity index (χ1) is 11.0. The van der Waals surface area contributed by atoms with Crippen molar-refractivity contribution < 1.29 is 9.47 Å². The summed E-state index contributed by atoms with van der Waals surface area (Å²) < 4.78 is 12.5. The highest BCUT2D eigenvalue weighted by Crippen LogP contribution is 2.45. The van der Waals surface area contributed by atoms with Crippen molar-refractivity contribution >= 4 is 23.2 Å². The molecular formula is C17H18Cl2N2O2. The van der Waals surface area contributed by atoms with Crippen LogP contribution in [0.5, 0.6) is 0 Å². The van der Waals surface area contributed by atoms with Crippen LogP contribution in [0.3, 0.4) is 0 Å². The summed E-state index contributed by atoms with van der Waals surface area (Å²) in [5.74, 6) is -1.11. The van der Waals surface area contributed by atoms with Crippen LogP contribution < -0.4 is 0 Å². The molecule has 0 radical (unpaired) electrons. The van der Waals surface area contributed by atoms with E-state index < -0.39 is 5.79 Å². The molecule has 1 aliphatic heterocycles. The Kier molecular flexibility index (Phi) is 4.61. The van der Waals surface area contributed by atoms with Crippen LogP contribution >= 0.6 is 23.2 Å². The van der Waals surface area contributed by atoms with E-state index in [2.05, 4.69) is 23.8 Å². The predicted molar refractivity (Wildman–Crippen MR) is 89.6 cm³/mol. The van der Waals surface area contributed by atoms with E-state index in [1.54, 1.807) is 24.5 Å². The zero-order valence-electron chi connectivity index (χ0n) is 13.1. The maximum atomic E-state index is 6.42. The summed E-state index contributed by atoms with van der Waals surface area (Å²) in [5, 5.41) is 1.05. The van der Waals surface area contributed by atoms with Gasteiger partial charge in [0, 0.05) is 28.4 Å². The molecule has 1 fully saturated rings. The molecule has 0 aliphatic carbocycles. The molecule has 6 heteroatoms. The van der Waals surface area contributed by atoms with Crippen LogP contribution in [0.2, 0.25) is 10.0 Å². The Hall–Kier alpha value is -1.20. The van der Waals surface area contributed by atoms with E-state index in [1.807, 2.05) is 6.07 Å². The highest BCUT2D eigenvalue weighted by atomic mass is 35.5. The summed E-state index contributed by atoms with van der Waals surface area (Å²) >= 11 is 12.4. The first-order valence-corrected chi connectivity index (χ1v) is 8.24. The SMILES string of the molecule is CCC1(C)COC(c2cncnc2)(c2ccc(Cl)cc2Cl)OC1. The molecule has 0 spiro atoms. The van der Waals surface area contributed by atoms with Crippen LogP contribution in [0.25, 0.3) is 0 Å². The van der Waals surface area contributed by atoms with Gasteiger partial charge in [-0.25, -0.2) is 9.97 Å². The van der Waals surface area contributed by atoms with Gasteiger partial charge in [-0.3, -0.25) is 0 Å². The molecule has 0 bridgehead atoms. The van der Waals surface area contributed by atoms with Gasteiger partial charge in [0.25, 0.3) is 0 Å². The summed E-state index contributed by atoms with van der Waals surface area (Å²) in [5.41, 5.74) is 1.39. The lowest BCUT2D eigenvalue weighted by Crippen LogP contribution is -2.47. The van der Waals surface area contributed by atoms with Crippen LogP contribution in [0.1, 0.15) is 31.4 Å². The fourth-order valence-corrected chi connectivity index (χ4v) is 3.08. The number of benzene rings is 1. The first-order valence-electron chi connectivity index (χ1n) is 7.48.